The molecule has 6 nitrogen and oxygen atoms in total. The molecule has 11 heteroatoms. The van der Waals surface area contributed by atoms with Crippen LogP contribution in [0.25, 0.3) is 5.69 Å². The van der Waals surface area contributed by atoms with Gasteiger partial charge in [-0.15, -0.1) is 11.8 Å². The summed E-state index contributed by atoms with van der Waals surface area (Å²) >= 11 is 2.49. The Balaban J connectivity index is 1.57. The number of halogens is 3. The summed E-state index contributed by atoms with van der Waals surface area (Å²) in [5.74, 6) is 0.740. The van der Waals surface area contributed by atoms with Crippen LogP contribution in [0.15, 0.2) is 63.4 Å². The third kappa shape index (κ3) is 5.19. The van der Waals surface area contributed by atoms with E-state index < -0.39 is 17.6 Å². The molecule has 2 heterocycles. The molecule has 172 valence electrons. The summed E-state index contributed by atoms with van der Waals surface area (Å²) in [4.78, 5) is 30.8. The zero-order chi connectivity index (χ0) is 23.6. The molecule has 33 heavy (non-hydrogen) atoms. The number of aryl methyl sites for hydroxylation is 1. The maximum Gasteiger partial charge on any atom is 0.416 e. The molecule has 0 aliphatic carbocycles. The van der Waals surface area contributed by atoms with Gasteiger partial charge in [-0.25, -0.2) is 4.98 Å². The number of hydrogen-bond donors (Lipinski definition) is 1. The number of alkyl halides is 3. The number of nitrogens with one attached hydrogen (secondary N) is 1. The van der Waals surface area contributed by atoms with Gasteiger partial charge in [0.1, 0.15) is 5.75 Å². The van der Waals surface area contributed by atoms with Crippen LogP contribution in [0.4, 0.5) is 18.9 Å². The Bertz CT molecular complexity index is 1240. The number of rotatable bonds is 6. The molecule has 0 saturated carbocycles. The van der Waals surface area contributed by atoms with Crippen LogP contribution >= 0.6 is 23.5 Å². The summed E-state index contributed by atoms with van der Waals surface area (Å²) in [6.45, 7) is 0. The molecule has 0 unspecified atom stereocenters. The third-order valence-corrected chi connectivity index (χ3v) is 6.85. The van der Waals surface area contributed by atoms with Crippen LogP contribution in [-0.2, 0) is 17.4 Å². The highest BCUT2D eigenvalue weighted by atomic mass is 32.2. The maximum absolute atomic E-state index is 13.2. The van der Waals surface area contributed by atoms with Gasteiger partial charge in [0.25, 0.3) is 5.56 Å². The molecule has 0 fully saturated rings. The Morgan fingerprint density at radius 1 is 1.24 bits per heavy atom. The van der Waals surface area contributed by atoms with Gasteiger partial charge < -0.3 is 10.1 Å². The van der Waals surface area contributed by atoms with E-state index in [4.69, 9.17) is 4.74 Å². The second-order valence-corrected chi connectivity index (χ2v) is 9.07. The van der Waals surface area contributed by atoms with Crippen molar-refractivity contribution in [3.05, 3.63) is 70.1 Å². The molecule has 0 saturated heterocycles. The first-order chi connectivity index (χ1) is 15.8. The van der Waals surface area contributed by atoms with Crippen LogP contribution in [0.5, 0.6) is 5.75 Å². The van der Waals surface area contributed by atoms with E-state index in [9.17, 15) is 22.8 Å². The van der Waals surface area contributed by atoms with Crippen LogP contribution in [-0.4, -0.2) is 34.1 Å². The summed E-state index contributed by atoms with van der Waals surface area (Å²) in [5.41, 5.74) is 0.244. The summed E-state index contributed by atoms with van der Waals surface area (Å²) < 4.78 is 45.3. The number of methoxy groups -OCH3 is 1. The first-order valence-corrected chi connectivity index (χ1v) is 11.8. The minimum Gasteiger partial charge on any atom is -0.497 e. The lowest BCUT2D eigenvalue weighted by Crippen LogP contribution is -2.24. The summed E-state index contributed by atoms with van der Waals surface area (Å²) in [6.07, 6.45) is -3.85. The number of benzene rings is 2. The predicted octanol–water partition coefficient (Wildman–Crippen LogP) is 4.64. The molecule has 0 atom stereocenters. The second-order valence-electron chi connectivity index (χ2n) is 7.02. The zero-order valence-corrected chi connectivity index (χ0v) is 18.9. The van der Waals surface area contributed by atoms with E-state index >= 15 is 0 Å². The average Bonchev–Trinajstić information content (AvgIpc) is 3.27. The molecular formula is C22H18F3N3O3S2. The maximum atomic E-state index is 13.2. The van der Waals surface area contributed by atoms with Gasteiger partial charge in [0, 0.05) is 17.9 Å². The lowest BCUT2D eigenvalue weighted by atomic mass is 10.2. The van der Waals surface area contributed by atoms with E-state index in [1.807, 2.05) is 0 Å². The van der Waals surface area contributed by atoms with Crippen LogP contribution in [0.1, 0.15) is 11.3 Å². The molecule has 4 rings (SSSR count). The predicted molar refractivity (Wildman–Crippen MR) is 122 cm³/mol. The minimum absolute atomic E-state index is 0.0429. The number of carbonyl (C=O) groups is 1. The van der Waals surface area contributed by atoms with Gasteiger partial charge >= 0.3 is 6.18 Å². The smallest absolute Gasteiger partial charge is 0.416 e. The zero-order valence-electron chi connectivity index (χ0n) is 17.3. The van der Waals surface area contributed by atoms with Crippen LogP contribution in [0, 0.1) is 0 Å². The van der Waals surface area contributed by atoms with E-state index in [2.05, 4.69) is 10.3 Å². The van der Waals surface area contributed by atoms with Crippen molar-refractivity contribution in [1.29, 1.82) is 0 Å². The standard InChI is InChI=1S/C22H18F3N3O3S2/c1-31-16-7-5-15(6-8-16)28-20(30)19-17(9-10-32-19)27-21(28)33-12-18(29)26-14-4-2-3-13(11-14)22(23,24)25/h2-8,11H,9-10,12H2,1H3,(H,26,29). The summed E-state index contributed by atoms with van der Waals surface area (Å²) in [6, 6.07) is 11.3. The Morgan fingerprint density at radius 3 is 2.70 bits per heavy atom. The van der Waals surface area contributed by atoms with E-state index in [-0.39, 0.29) is 17.0 Å². The van der Waals surface area contributed by atoms with Crippen LogP contribution < -0.4 is 15.6 Å². The van der Waals surface area contributed by atoms with Crippen molar-refractivity contribution in [2.45, 2.75) is 22.6 Å². The number of thioether (sulfide) groups is 2. The first kappa shape index (κ1) is 23.2. The van der Waals surface area contributed by atoms with Gasteiger partial charge in [-0.3, -0.25) is 14.2 Å². The highest BCUT2D eigenvalue weighted by molar-refractivity contribution is 8.00. The van der Waals surface area contributed by atoms with E-state index in [0.717, 1.165) is 29.6 Å². The largest absolute Gasteiger partial charge is 0.497 e. The van der Waals surface area contributed by atoms with E-state index in [1.165, 1.54) is 28.5 Å². The van der Waals surface area contributed by atoms with Crippen molar-refractivity contribution in [1.82, 2.24) is 9.55 Å². The van der Waals surface area contributed by atoms with Crippen molar-refractivity contribution in [3.63, 3.8) is 0 Å². The molecule has 2 aromatic carbocycles. The molecule has 1 aliphatic heterocycles. The fraction of sp³-hybridized carbons (Fsp3) is 0.227. The Kier molecular flexibility index (Phi) is 6.71. The fourth-order valence-corrected chi connectivity index (χ4v) is 5.10. The quantitative estimate of drug-likeness (QED) is 0.399. The molecule has 1 aromatic heterocycles. The number of ether oxygens (including phenoxy) is 1. The summed E-state index contributed by atoms with van der Waals surface area (Å²) in [7, 11) is 1.54. The Labute approximate surface area is 195 Å². The molecule has 0 bridgehead atoms. The highest BCUT2D eigenvalue weighted by Gasteiger charge is 2.30. The summed E-state index contributed by atoms with van der Waals surface area (Å²) in [5, 5.41) is 2.81. The SMILES string of the molecule is COc1ccc(-n2c(SCC(=O)Nc3cccc(C(F)(F)F)c3)nc3c(c2=O)SCC3)cc1. The van der Waals surface area contributed by atoms with Gasteiger partial charge in [0.05, 0.1) is 34.7 Å². The number of carbonyl (C=O) groups excluding carboxylic acids is 1. The lowest BCUT2D eigenvalue weighted by Gasteiger charge is -2.14. The van der Waals surface area contributed by atoms with Crippen molar-refractivity contribution >= 4 is 35.1 Å². The molecular weight excluding hydrogens is 475 g/mol. The topological polar surface area (TPSA) is 73.2 Å². The van der Waals surface area contributed by atoms with Gasteiger partial charge in [0.15, 0.2) is 5.16 Å². The van der Waals surface area contributed by atoms with Crippen LogP contribution in [0.2, 0.25) is 0 Å². The van der Waals surface area contributed by atoms with Crippen molar-refractivity contribution in [3.8, 4) is 11.4 Å². The number of nitrogens with zero attached hydrogens (tertiary/aromatic N) is 2. The van der Waals surface area contributed by atoms with Gasteiger partial charge in [-0.2, -0.15) is 13.2 Å². The monoisotopic (exact) mass is 493 g/mol. The number of hydrogen-bond acceptors (Lipinski definition) is 6. The van der Waals surface area contributed by atoms with E-state index in [1.54, 1.807) is 31.4 Å². The second kappa shape index (κ2) is 9.52. The van der Waals surface area contributed by atoms with Crippen LogP contribution in [0.3, 0.4) is 0 Å². The Morgan fingerprint density at radius 2 is 2.00 bits per heavy atom. The average molecular weight is 494 g/mol. The number of amides is 1. The highest BCUT2D eigenvalue weighted by Crippen LogP contribution is 2.32. The first-order valence-electron chi connectivity index (χ1n) is 9.79. The normalized spacial score (nSPS) is 13.0. The van der Waals surface area contributed by atoms with Gasteiger partial charge in [-0.05, 0) is 42.5 Å². The van der Waals surface area contributed by atoms with Gasteiger partial charge in [-0.1, -0.05) is 17.8 Å². The number of anilines is 1. The molecule has 1 amide bonds. The van der Waals surface area contributed by atoms with Crippen molar-refractivity contribution < 1.29 is 22.7 Å². The number of fused-ring (bicyclic) bond motifs is 1. The van der Waals surface area contributed by atoms with Crippen molar-refractivity contribution in [2.75, 3.05) is 23.9 Å². The molecule has 0 spiro atoms. The van der Waals surface area contributed by atoms with Crippen molar-refractivity contribution in [2.24, 2.45) is 0 Å². The molecule has 1 aliphatic rings. The molecule has 1 N–H and O–H groups in total. The van der Waals surface area contributed by atoms with Gasteiger partial charge in [0.2, 0.25) is 5.91 Å². The lowest BCUT2D eigenvalue weighted by molar-refractivity contribution is -0.137. The molecule has 0 radical (unpaired) electrons. The Hall–Kier alpha value is -2.92. The minimum atomic E-state index is -4.50. The molecule has 3 aromatic rings. The van der Waals surface area contributed by atoms with E-state index in [0.29, 0.717) is 33.6 Å². The fourth-order valence-electron chi connectivity index (χ4n) is 3.25. The third-order valence-electron chi connectivity index (χ3n) is 4.80. The number of aromatic nitrogens is 2.